The summed E-state index contributed by atoms with van der Waals surface area (Å²) in [6.07, 6.45) is -0.615. The molecule has 0 fully saturated rings. The quantitative estimate of drug-likeness (QED) is 0.430. The summed E-state index contributed by atoms with van der Waals surface area (Å²) < 4.78 is 17.0. The highest BCUT2D eigenvalue weighted by Gasteiger charge is 2.15. The average Bonchev–Trinajstić information content (AvgIpc) is 2.79. The summed E-state index contributed by atoms with van der Waals surface area (Å²) in [5, 5.41) is 2.86. The van der Waals surface area contributed by atoms with Gasteiger partial charge in [-0.3, -0.25) is 4.79 Å². The first-order chi connectivity index (χ1) is 15.0. The van der Waals surface area contributed by atoms with E-state index in [0.717, 1.165) is 5.75 Å². The Hall–Kier alpha value is -3.47. The van der Waals surface area contributed by atoms with E-state index in [0.29, 0.717) is 36.3 Å². The number of hydrogen-bond donors (Lipinski definition) is 1. The molecule has 0 aliphatic rings. The third-order valence-corrected chi connectivity index (χ3v) is 4.71. The molecule has 5 heteroatoms. The lowest BCUT2D eigenvalue weighted by molar-refractivity contribution is -0.122. The molecule has 0 saturated carbocycles. The Morgan fingerprint density at radius 1 is 0.742 bits per heavy atom. The van der Waals surface area contributed by atoms with Crippen LogP contribution in [0.2, 0.25) is 0 Å². The summed E-state index contributed by atoms with van der Waals surface area (Å²) in [6.45, 7) is 6.90. The Morgan fingerprint density at radius 2 is 1.29 bits per heavy atom. The molecule has 31 heavy (non-hydrogen) atoms. The van der Waals surface area contributed by atoms with Crippen LogP contribution in [0.25, 0.3) is 0 Å². The number of para-hydroxylation sites is 1. The van der Waals surface area contributed by atoms with Crippen molar-refractivity contribution in [3.05, 3.63) is 84.4 Å². The predicted octanol–water partition coefficient (Wildman–Crippen LogP) is 5.67. The van der Waals surface area contributed by atoms with E-state index in [1.807, 2.05) is 66.7 Å². The second kappa shape index (κ2) is 11.1. The van der Waals surface area contributed by atoms with Gasteiger partial charge in [-0.25, -0.2) is 0 Å². The molecule has 0 saturated heterocycles. The highest BCUT2D eigenvalue weighted by molar-refractivity contribution is 5.94. The van der Waals surface area contributed by atoms with Gasteiger partial charge in [-0.05, 0) is 66.9 Å². The summed E-state index contributed by atoms with van der Waals surface area (Å²) in [5.74, 6) is 2.45. The van der Waals surface area contributed by atoms with E-state index in [4.69, 9.17) is 14.2 Å². The molecule has 3 rings (SSSR count). The highest BCUT2D eigenvalue weighted by atomic mass is 16.5. The first kappa shape index (κ1) is 22.2. The highest BCUT2D eigenvalue weighted by Crippen LogP contribution is 2.20. The van der Waals surface area contributed by atoms with Crippen molar-refractivity contribution in [3.63, 3.8) is 0 Å². The molecule has 1 amide bonds. The second-order valence-corrected chi connectivity index (χ2v) is 7.51. The average molecular weight is 420 g/mol. The van der Waals surface area contributed by atoms with Crippen molar-refractivity contribution < 1.29 is 19.0 Å². The minimum absolute atomic E-state index is 0.210. The van der Waals surface area contributed by atoms with Gasteiger partial charge in [0.25, 0.3) is 5.91 Å². The van der Waals surface area contributed by atoms with Crippen LogP contribution in [0.1, 0.15) is 32.3 Å². The summed E-state index contributed by atoms with van der Waals surface area (Å²) in [6, 6.07) is 24.7. The van der Waals surface area contributed by atoms with Gasteiger partial charge in [0.15, 0.2) is 6.10 Å². The molecule has 0 spiro atoms. The first-order valence-corrected chi connectivity index (χ1v) is 10.5. The lowest BCUT2D eigenvalue weighted by Crippen LogP contribution is -2.30. The summed E-state index contributed by atoms with van der Waals surface area (Å²) in [5.41, 5.74) is 1.92. The van der Waals surface area contributed by atoms with Crippen LogP contribution in [0, 0.1) is 0 Å². The smallest absolute Gasteiger partial charge is 0.265 e. The van der Waals surface area contributed by atoms with Gasteiger partial charge < -0.3 is 19.5 Å². The molecule has 1 atom stereocenters. The maximum atomic E-state index is 12.4. The van der Waals surface area contributed by atoms with Crippen molar-refractivity contribution in [1.29, 1.82) is 0 Å². The van der Waals surface area contributed by atoms with E-state index in [1.54, 1.807) is 19.1 Å². The Balaban J connectivity index is 1.42. The zero-order chi connectivity index (χ0) is 22.1. The van der Waals surface area contributed by atoms with Gasteiger partial charge in [-0.2, -0.15) is 0 Å². The molecule has 3 aromatic rings. The van der Waals surface area contributed by atoms with Gasteiger partial charge in [0.2, 0.25) is 0 Å². The Labute approximate surface area is 184 Å². The van der Waals surface area contributed by atoms with E-state index >= 15 is 0 Å². The molecule has 1 N–H and O–H groups in total. The fourth-order valence-corrected chi connectivity index (χ4v) is 2.90. The zero-order valence-electron chi connectivity index (χ0n) is 18.2. The number of carbonyl (C=O) groups is 1. The number of anilines is 1. The van der Waals surface area contributed by atoms with Crippen LogP contribution >= 0.6 is 0 Å². The Kier molecular flexibility index (Phi) is 7.93. The van der Waals surface area contributed by atoms with Crippen LogP contribution in [0.15, 0.2) is 78.9 Å². The lowest BCUT2D eigenvalue weighted by atomic mass is 10.0. The molecule has 0 radical (unpaired) electrons. The van der Waals surface area contributed by atoms with Gasteiger partial charge >= 0.3 is 0 Å². The number of rotatable bonds is 10. The van der Waals surface area contributed by atoms with Crippen molar-refractivity contribution in [3.8, 4) is 17.2 Å². The largest absolute Gasteiger partial charge is 0.490 e. The van der Waals surface area contributed by atoms with Crippen molar-refractivity contribution in [2.75, 3.05) is 18.5 Å². The zero-order valence-corrected chi connectivity index (χ0v) is 18.2. The molecule has 0 aliphatic heterocycles. The molecular formula is C26H29NO4. The van der Waals surface area contributed by atoms with Crippen LogP contribution in [-0.4, -0.2) is 25.2 Å². The minimum Gasteiger partial charge on any atom is -0.490 e. The van der Waals surface area contributed by atoms with Crippen LogP contribution < -0.4 is 19.5 Å². The number of nitrogens with one attached hydrogen (secondary N) is 1. The summed E-state index contributed by atoms with van der Waals surface area (Å²) in [7, 11) is 0. The van der Waals surface area contributed by atoms with Gasteiger partial charge in [0.05, 0.1) is 0 Å². The number of benzene rings is 3. The lowest BCUT2D eigenvalue weighted by Gasteiger charge is -2.16. The molecule has 0 bridgehead atoms. The molecule has 0 aliphatic carbocycles. The van der Waals surface area contributed by atoms with Crippen molar-refractivity contribution in [1.82, 2.24) is 0 Å². The topological polar surface area (TPSA) is 56.8 Å². The molecule has 0 aromatic heterocycles. The molecule has 0 heterocycles. The normalized spacial score (nSPS) is 11.6. The van der Waals surface area contributed by atoms with Crippen molar-refractivity contribution in [2.24, 2.45) is 0 Å². The molecule has 3 aromatic carbocycles. The van der Waals surface area contributed by atoms with E-state index in [1.165, 1.54) is 5.56 Å². The maximum absolute atomic E-state index is 12.4. The van der Waals surface area contributed by atoms with Crippen LogP contribution in [-0.2, 0) is 4.79 Å². The SMILES string of the molecule is CC(Oc1ccc(C(C)C)cc1)C(=O)Nc1ccc(OCCOc2ccccc2)cc1. The van der Waals surface area contributed by atoms with Crippen LogP contribution in [0.3, 0.4) is 0 Å². The van der Waals surface area contributed by atoms with E-state index in [9.17, 15) is 4.79 Å². The summed E-state index contributed by atoms with van der Waals surface area (Å²) in [4.78, 5) is 12.4. The number of carbonyl (C=O) groups excluding carboxylic acids is 1. The fourth-order valence-electron chi connectivity index (χ4n) is 2.90. The maximum Gasteiger partial charge on any atom is 0.265 e. The predicted molar refractivity (Wildman–Crippen MR) is 123 cm³/mol. The fraction of sp³-hybridized carbons (Fsp3) is 0.269. The number of ether oxygens (including phenoxy) is 3. The number of hydrogen-bond acceptors (Lipinski definition) is 4. The first-order valence-electron chi connectivity index (χ1n) is 10.5. The third-order valence-electron chi connectivity index (χ3n) is 4.71. The van der Waals surface area contributed by atoms with Crippen LogP contribution in [0.5, 0.6) is 17.2 Å². The Bertz CT molecular complexity index is 937. The van der Waals surface area contributed by atoms with E-state index < -0.39 is 6.10 Å². The van der Waals surface area contributed by atoms with Crippen LogP contribution in [0.4, 0.5) is 5.69 Å². The third kappa shape index (κ3) is 7.07. The van der Waals surface area contributed by atoms with Gasteiger partial charge in [-0.1, -0.05) is 44.2 Å². The molecule has 1 unspecified atom stereocenters. The summed E-state index contributed by atoms with van der Waals surface area (Å²) >= 11 is 0. The van der Waals surface area contributed by atoms with Gasteiger partial charge in [0.1, 0.15) is 30.5 Å². The van der Waals surface area contributed by atoms with E-state index in [2.05, 4.69) is 19.2 Å². The monoisotopic (exact) mass is 419 g/mol. The molecule has 5 nitrogen and oxygen atoms in total. The van der Waals surface area contributed by atoms with Crippen molar-refractivity contribution in [2.45, 2.75) is 32.8 Å². The Morgan fingerprint density at radius 3 is 1.87 bits per heavy atom. The minimum atomic E-state index is -0.615. The second-order valence-electron chi connectivity index (χ2n) is 7.51. The number of amides is 1. The molecular weight excluding hydrogens is 390 g/mol. The standard InChI is InChI=1S/C26H29NO4/c1-19(2)21-9-13-25(14-10-21)31-20(3)26(28)27-22-11-15-24(16-12-22)30-18-17-29-23-7-5-4-6-8-23/h4-16,19-20H,17-18H2,1-3H3,(H,27,28). The van der Waals surface area contributed by atoms with Gasteiger partial charge in [-0.15, -0.1) is 0 Å². The molecule has 162 valence electrons. The van der Waals surface area contributed by atoms with Crippen molar-refractivity contribution >= 4 is 11.6 Å². The van der Waals surface area contributed by atoms with Gasteiger partial charge in [0, 0.05) is 5.69 Å². The van der Waals surface area contributed by atoms with E-state index in [-0.39, 0.29) is 5.91 Å².